The fraction of sp³-hybridized carbons (Fsp3) is 0.100. The highest BCUT2D eigenvalue weighted by molar-refractivity contribution is 6.18. The maximum absolute atomic E-state index is 12.9. The van der Waals surface area contributed by atoms with Crippen LogP contribution in [0.3, 0.4) is 0 Å². The third-order valence-corrected chi connectivity index (χ3v) is 8.42. The minimum atomic E-state index is -4.92. The van der Waals surface area contributed by atoms with Crippen molar-refractivity contribution in [2.45, 2.75) is 24.6 Å². The number of aromatic nitrogens is 2. The molecule has 0 amide bonds. The van der Waals surface area contributed by atoms with E-state index in [9.17, 15) is 47.4 Å². The van der Waals surface area contributed by atoms with Gasteiger partial charge in [-0.1, -0.05) is 72.8 Å². The van der Waals surface area contributed by atoms with E-state index >= 15 is 0 Å². The molecular formula is C40H18F6N6O4. The molecule has 2 aromatic heterocycles. The van der Waals surface area contributed by atoms with Crippen LogP contribution in [0, 0.1) is 45.3 Å². The lowest BCUT2D eigenvalue weighted by Gasteiger charge is -2.15. The molecule has 0 atom stereocenters. The second kappa shape index (κ2) is 14.2. The second-order valence-electron chi connectivity index (χ2n) is 11.8. The van der Waals surface area contributed by atoms with Gasteiger partial charge in [0.15, 0.2) is 11.2 Å². The van der Waals surface area contributed by atoms with Crippen molar-refractivity contribution in [3.8, 4) is 80.3 Å². The van der Waals surface area contributed by atoms with Gasteiger partial charge in [-0.3, -0.25) is 0 Å². The van der Waals surface area contributed by atoms with E-state index < -0.39 is 36.1 Å². The Balaban J connectivity index is 1.55. The molecule has 0 aliphatic rings. The molecule has 2 heterocycles. The lowest BCUT2D eigenvalue weighted by Crippen LogP contribution is -2.16. The van der Waals surface area contributed by atoms with Crippen LogP contribution in [0.5, 0.6) is 11.5 Å². The van der Waals surface area contributed by atoms with Crippen molar-refractivity contribution < 1.29 is 44.7 Å². The Morgan fingerprint density at radius 2 is 0.804 bits per heavy atom. The second-order valence-corrected chi connectivity index (χ2v) is 11.8. The molecule has 0 spiro atoms. The van der Waals surface area contributed by atoms with Crippen molar-refractivity contribution in [3.63, 3.8) is 0 Å². The summed E-state index contributed by atoms with van der Waals surface area (Å²) in [4.78, 5) is 9.20. The number of hydrogen-bond donors (Lipinski definition) is 0. The summed E-state index contributed by atoms with van der Waals surface area (Å²) in [6.07, 6.45) is -9.85. The van der Waals surface area contributed by atoms with E-state index in [2.05, 4.69) is 19.4 Å². The highest BCUT2D eigenvalue weighted by Crippen LogP contribution is 2.49. The van der Waals surface area contributed by atoms with Gasteiger partial charge in [-0.05, 0) is 57.6 Å². The molecule has 0 saturated carbocycles. The average Bonchev–Trinajstić information content (AvgIpc) is 3.79. The molecule has 0 aliphatic heterocycles. The van der Waals surface area contributed by atoms with Crippen LogP contribution in [-0.4, -0.2) is 22.7 Å². The highest BCUT2D eigenvalue weighted by Gasteiger charge is 2.34. The van der Waals surface area contributed by atoms with Crippen LogP contribution in [-0.2, 0) is 0 Å². The summed E-state index contributed by atoms with van der Waals surface area (Å²) < 4.78 is 98.1. The zero-order chi connectivity index (χ0) is 39.8. The van der Waals surface area contributed by atoms with Gasteiger partial charge in [0.1, 0.15) is 22.5 Å². The monoisotopic (exact) mass is 760 g/mol. The Morgan fingerprint density at radius 3 is 1.11 bits per heavy atom. The summed E-state index contributed by atoms with van der Waals surface area (Å²) in [5, 5.41) is 39.3. The molecule has 0 saturated heterocycles. The Kier molecular flexibility index (Phi) is 9.26. The van der Waals surface area contributed by atoms with Gasteiger partial charge < -0.3 is 18.3 Å². The summed E-state index contributed by atoms with van der Waals surface area (Å²) >= 11 is 0. The fourth-order valence-corrected chi connectivity index (χ4v) is 6.17. The molecule has 0 bridgehead atoms. The predicted octanol–water partition coefficient (Wildman–Crippen LogP) is 10.7. The number of hydrogen-bond acceptors (Lipinski definition) is 10. The first-order chi connectivity index (χ1) is 26.8. The summed E-state index contributed by atoms with van der Waals surface area (Å²) in [6, 6.07) is 30.7. The minimum Gasteiger partial charge on any atom is -0.437 e. The molecule has 5 aromatic carbocycles. The van der Waals surface area contributed by atoms with Gasteiger partial charge in [0.2, 0.25) is 23.6 Å². The van der Waals surface area contributed by atoms with Crippen molar-refractivity contribution in [1.82, 2.24) is 9.97 Å². The molecule has 274 valence electrons. The van der Waals surface area contributed by atoms with E-state index in [1.54, 1.807) is 48.5 Å². The third kappa shape index (κ3) is 6.98. The van der Waals surface area contributed by atoms with Crippen LogP contribution in [0.15, 0.2) is 106 Å². The van der Waals surface area contributed by atoms with Crippen molar-refractivity contribution in [1.29, 1.82) is 21.0 Å². The van der Waals surface area contributed by atoms with E-state index in [1.807, 2.05) is 24.3 Å². The van der Waals surface area contributed by atoms with E-state index in [4.69, 9.17) is 8.83 Å². The molecule has 7 rings (SSSR count). The molecule has 56 heavy (non-hydrogen) atoms. The van der Waals surface area contributed by atoms with E-state index in [0.717, 1.165) is 24.3 Å². The molecule has 0 N–H and O–H groups in total. The normalized spacial score (nSPS) is 11.6. The molecule has 0 unspecified atom stereocenters. The van der Waals surface area contributed by atoms with Gasteiger partial charge in [0.05, 0.1) is 35.4 Å². The molecule has 0 aliphatic carbocycles. The lowest BCUT2D eigenvalue weighted by atomic mass is 9.89. The van der Waals surface area contributed by atoms with Crippen molar-refractivity contribution >= 4 is 22.2 Å². The number of rotatable bonds is 8. The fourth-order valence-electron chi connectivity index (χ4n) is 6.17. The SMILES string of the molecule is N#CC(C#N)c1nc2c(-c3ccccc3-c3ccc(OC(F)(F)F)cc3)c3oc(C(C#N)C#N)nc3c(-c3ccccc3-c3ccc(OC(F)(F)F)cc3)c2o1. The first kappa shape index (κ1) is 36.5. The molecular weight excluding hydrogens is 742 g/mol. The zero-order valence-corrected chi connectivity index (χ0v) is 28.0. The Bertz CT molecular complexity index is 2530. The number of oxazole rings is 2. The maximum atomic E-state index is 12.9. The molecule has 7 aromatic rings. The van der Waals surface area contributed by atoms with Crippen molar-refractivity contribution in [3.05, 3.63) is 109 Å². The van der Waals surface area contributed by atoms with Crippen LogP contribution in [0.25, 0.3) is 66.7 Å². The quantitative estimate of drug-likeness (QED) is 0.136. The van der Waals surface area contributed by atoms with Gasteiger partial charge in [0, 0.05) is 0 Å². The first-order valence-corrected chi connectivity index (χ1v) is 16.1. The van der Waals surface area contributed by atoms with Gasteiger partial charge in [-0.2, -0.15) is 21.0 Å². The van der Waals surface area contributed by atoms with Crippen LogP contribution < -0.4 is 9.47 Å². The summed E-state index contributed by atoms with van der Waals surface area (Å²) in [5.74, 6) is -4.52. The number of fused-ring (bicyclic) bond motifs is 2. The molecule has 0 radical (unpaired) electrons. The lowest BCUT2D eigenvalue weighted by molar-refractivity contribution is -0.275. The van der Waals surface area contributed by atoms with Crippen LogP contribution in [0.1, 0.15) is 23.6 Å². The Hall–Kier alpha value is -7.82. The van der Waals surface area contributed by atoms with Gasteiger partial charge >= 0.3 is 12.7 Å². The number of nitriles is 4. The number of alkyl halides is 6. The summed E-state index contributed by atoms with van der Waals surface area (Å²) in [6.45, 7) is 0. The predicted molar refractivity (Wildman–Crippen MR) is 185 cm³/mol. The third-order valence-electron chi connectivity index (χ3n) is 8.42. The zero-order valence-electron chi connectivity index (χ0n) is 28.0. The Morgan fingerprint density at radius 1 is 0.482 bits per heavy atom. The van der Waals surface area contributed by atoms with E-state index in [0.29, 0.717) is 33.4 Å². The number of halogens is 6. The van der Waals surface area contributed by atoms with Crippen molar-refractivity contribution in [2.24, 2.45) is 0 Å². The molecule has 0 fully saturated rings. The number of nitrogens with zero attached hydrogens (tertiary/aromatic N) is 6. The van der Waals surface area contributed by atoms with E-state index in [-0.39, 0.29) is 45.1 Å². The first-order valence-electron chi connectivity index (χ1n) is 16.1. The highest BCUT2D eigenvalue weighted by atomic mass is 19.4. The number of ether oxygens (including phenoxy) is 2. The smallest absolute Gasteiger partial charge is 0.437 e. The average molecular weight is 761 g/mol. The van der Waals surface area contributed by atoms with E-state index in [1.165, 1.54) is 24.3 Å². The van der Waals surface area contributed by atoms with Crippen LogP contribution in [0.4, 0.5) is 26.3 Å². The maximum Gasteiger partial charge on any atom is 0.573 e. The molecule has 10 nitrogen and oxygen atoms in total. The van der Waals surface area contributed by atoms with Crippen molar-refractivity contribution in [2.75, 3.05) is 0 Å². The summed E-state index contributed by atoms with van der Waals surface area (Å²) in [5.41, 5.74) is 2.86. The number of benzene rings is 5. The standard InChI is InChI=1S/C40H18F6N6O4/c41-39(42,43)55-25-13-9-21(10-14-25)27-5-1-3-7-29(27)31-33-36(54-37(51-33)23(17-47)18-48)32(34-35(31)53-38(52-34)24(19-49)20-50)30-8-4-2-6-28(30)22-11-15-26(16-12-22)56-40(44,45)46/h1-16,23-24H. The largest absolute Gasteiger partial charge is 0.573 e. The van der Waals surface area contributed by atoms with Gasteiger partial charge in [0.25, 0.3) is 0 Å². The van der Waals surface area contributed by atoms with Gasteiger partial charge in [-0.15, -0.1) is 26.3 Å². The topological polar surface area (TPSA) is 166 Å². The van der Waals surface area contributed by atoms with Crippen LogP contribution >= 0.6 is 0 Å². The molecule has 16 heteroatoms. The van der Waals surface area contributed by atoms with Gasteiger partial charge in [-0.25, -0.2) is 9.97 Å². The van der Waals surface area contributed by atoms with Crippen LogP contribution in [0.2, 0.25) is 0 Å². The summed E-state index contributed by atoms with van der Waals surface area (Å²) in [7, 11) is 0. The minimum absolute atomic E-state index is 0.0171. The Labute approximate surface area is 311 Å².